The lowest BCUT2D eigenvalue weighted by Gasteiger charge is -2.37. The molecule has 0 amide bonds. The van der Waals surface area contributed by atoms with Crippen LogP contribution in [0.25, 0.3) is 0 Å². The van der Waals surface area contributed by atoms with E-state index in [0.717, 1.165) is 0 Å². The molecule has 2 bridgehead atoms. The van der Waals surface area contributed by atoms with Gasteiger partial charge in [0.05, 0.1) is 5.41 Å². The number of hydrogen-bond donors (Lipinski definition) is 0. The fourth-order valence-electron chi connectivity index (χ4n) is 3.72. The summed E-state index contributed by atoms with van der Waals surface area (Å²) in [6.45, 7) is 14.6. The molecule has 3 unspecified atom stereocenters. The van der Waals surface area contributed by atoms with Crippen LogP contribution in [0.1, 0.15) is 53.9 Å². The third kappa shape index (κ3) is 2.23. The van der Waals surface area contributed by atoms with Crippen molar-refractivity contribution < 1.29 is 9.53 Å². The highest BCUT2D eigenvalue weighted by molar-refractivity contribution is 5.77. The molecule has 0 heterocycles. The molecule has 0 aliphatic heterocycles. The Kier molecular flexibility index (Phi) is 3.81. The van der Waals surface area contributed by atoms with Crippen molar-refractivity contribution in [2.75, 3.05) is 0 Å². The monoisotopic (exact) mass is 264 g/mol. The summed E-state index contributed by atoms with van der Waals surface area (Å²) in [7, 11) is 0. The highest BCUT2D eigenvalue weighted by Crippen LogP contribution is 2.49. The number of carbonyl (C=O) groups excluding carboxylic acids is 1. The maximum atomic E-state index is 12.7. The van der Waals surface area contributed by atoms with Crippen molar-refractivity contribution in [2.45, 2.75) is 60.0 Å². The quantitative estimate of drug-likeness (QED) is 0.562. The van der Waals surface area contributed by atoms with Gasteiger partial charge in [-0.25, -0.2) is 0 Å². The highest BCUT2D eigenvalue weighted by Gasteiger charge is 2.48. The average Bonchev–Trinajstić information content (AvgIpc) is 2.91. The van der Waals surface area contributed by atoms with Crippen molar-refractivity contribution in [1.82, 2.24) is 0 Å². The first kappa shape index (κ1) is 14.6. The van der Waals surface area contributed by atoms with Gasteiger partial charge in [0.25, 0.3) is 0 Å². The van der Waals surface area contributed by atoms with Gasteiger partial charge in [-0.1, -0.05) is 34.3 Å². The van der Waals surface area contributed by atoms with E-state index in [1.165, 1.54) is 24.8 Å². The molecule has 2 fully saturated rings. The fourth-order valence-corrected chi connectivity index (χ4v) is 3.72. The molecule has 2 saturated carbocycles. The van der Waals surface area contributed by atoms with Crippen molar-refractivity contribution in [3.05, 3.63) is 12.2 Å². The molecule has 0 radical (unpaired) electrons. The molecule has 2 aliphatic rings. The second-order valence-corrected chi connectivity index (χ2v) is 7.26. The Hall–Kier alpha value is -0.790. The second-order valence-electron chi connectivity index (χ2n) is 7.26. The van der Waals surface area contributed by atoms with Crippen LogP contribution in [0.5, 0.6) is 0 Å². The van der Waals surface area contributed by atoms with Crippen LogP contribution < -0.4 is 0 Å². The standard InChI is InChI=1S/C17H28O2/c1-10(2)17(6,11(3)4)16(18)19-15-12(5)13-7-8-14(15)9-13/h10-11,13-15H,5,7-9H2,1-4,6H3. The lowest BCUT2D eigenvalue weighted by Crippen LogP contribution is -2.42. The third-order valence-corrected chi connectivity index (χ3v) is 5.86. The van der Waals surface area contributed by atoms with E-state index in [0.29, 0.717) is 11.8 Å². The summed E-state index contributed by atoms with van der Waals surface area (Å²) in [6.07, 6.45) is 3.60. The fraction of sp³-hybridized carbons (Fsp3) is 0.824. The normalized spacial score (nSPS) is 30.5. The first-order valence-electron chi connectivity index (χ1n) is 7.68. The summed E-state index contributed by atoms with van der Waals surface area (Å²) < 4.78 is 5.91. The molecule has 3 atom stereocenters. The largest absolute Gasteiger partial charge is 0.457 e. The van der Waals surface area contributed by atoms with E-state index < -0.39 is 5.41 Å². The summed E-state index contributed by atoms with van der Waals surface area (Å²) in [5, 5.41) is 0. The lowest BCUT2D eigenvalue weighted by molar-refractivity contribution is -0.167. The van der Waals surface area contributed by atoms with Crippen LogP contribution in [-0.2, 0) is 9.53 Å². The number of fused-ring (bicyclic) bond motifs is 2. The van der Waals surface area contributed by atoms with Crippen molar-refractivity contribution in [1.29, 1.82) is 0 Å². The summed E-state index contributed by atoms with van der Waals surface area (Å²) >= 11 is 0. The SMILES string of the molecule is C=C1C2CCC(C2)C1OC(=O)C(C)(C(C)C)C(C)C. The van der Waals surface area contributed by atoms with Crippen LogP contribution in [-0.4, -0.2) is 12.1 Å². The molecular weight excluding hydrogens is 236 g/mol. The molecule has 19 heavy (non-hydrogen) atoms. The smallest absolute Gasteiger partial charge is 0.312 e. The number of hydrogen-bond acceptors (Lipinski definition) is 2. The molecule has 108 valence electrons. The van der Waals surface area contributed by atoms with Gasteiger partial charge in [0.1, 0.15) is 6.10 Å². The maximum absolute atomic E-state index is 12.7. The number of ether oxygens (including phenoxy) is 1. The van der Waals surface area contributed by atoms with Crippen LogP contribution >= 0.6 is 0 Å². The first-order valence-corrected chi connectivity index (χ1v) is 7.68. The van der Waals surface area contributed by atoms with E-state index in [1.54, 1.807) is 0 Å². The molecular formula is C17H28O2. The summed E-state index contributed by atoms with van der Waals surface area (Å²) in [5.41, 5.74) is 0.765. The Balaban J connectivity index is 2.10. The number of rotatable bonds is 4. The van der Waals surface area contributed by atoms with E-state index >= 15 is 0 Å². The van der Waals surface area contributed by atoms with Gasteiger partial charge in [-0.2, -0.15) is 0 Å². The first-order chi connectivity index (χ1) is 8.78. The van der Waals surface area contributed by atoms with Gasteiger partial charge in [0.2, 0.25) is 0 Å². The van der Waals surface area contributed by atoms with Gasteiger partial charge in [0.15, 0.2) is 0 Å². The molecule has 0 N–H and O–H groups in total. The predicted octanol–water partition coefficient (Wildman–Crippen LogP) is 4.20. The molecule has 2 rings (SSSR count). The van der Waals surface area contributed by atoms with Crippen LogP contribution in [0, 0.1) is 29.1 Å². The minimum atomic E-state index is -0.401. The van der Waals surface area contributed by atoms with Crippen molar-refractivity contribution in [2.24, 2.45) is 29.1 Å². The number of esters is 1. The van der Waals surface area contributed by atoms with Crippen LogP contribution in [0.4, 0.5) is 0 Å². The molecule has 2 aliphatic carbocycles. The van der Waals surface area contributed by atoms with Gasteiger partial charge in [-0.3, -0.25) is 4.79 Å². The molecule has 0 saturated heterocycles. The zero-order valence-electron chi connectivity index (χ0n) is 13.0. The van der Waals surface area contributed by atoms with E-state index in [2.05, 4.69) is 34.3 Å². The van der Waals surface area contributed by atoms with Gasteiger partial charge in [0, 0.05) is 5.92 Å². The topological polar surface area (TPSA) is 26.3 Å². The Morgan fingerprint density at radius 1 is 1.26 bits per heavy atom. The van der Waals surface area contributed by atoms with E-state index in [1.807, 2.05) is 6.92 Å². The molecule has 0 aromatic heterocycles. The molecule has 0 aromatic rings. The zero-order chi connectivity index (χ0) is 14.4. The highest BCUT2D eigenvalue weighted by atomic mass is 16.5. The Morgan fingerprint density at radius 2 is 1.84 bits per heavy atom. The van der Waals surface area contributed by atoms with Gasteiger partial charge < -0.3 is 4.74 Å². The van der Waals surface area contributed by atoms with E-state index in [-0.39, 0.29) is 23.9 Å². The lowest BCUT2D eigenvalue weighted by atomic mass is 9.70. The maximum Gasteiger partial charge on any atom is 0.312 e. The van der Waals surface area contributed by atoms with Gasteiger partial charge >= 0.3 is 5.97 Å². The molecule has 0 spiro atoms. The van der Waals surface area contributed by atoms with Crippen LogP contribution in [0.2, 0.25) is 0 Å². The van der Waals surface area contributed by atoms with Gasteiger partial charge in [-0.05, 0) is 49.5 Å². The van der Waals surface area contributed by atoms with E-state index in [4.69, 9.17) is 4.74 Å². The molecule has 2 heteroatoms. The molecule has 0 aromatic carbocycles. The predicted molar refractivity (Wildman–Crippen MR) is 77.6 cm³/mol. The van der Waals surface area contributed by atoms with Crippen LogP contribution in [0.3, 0.4) is 0 Å². The Bertz CT molecular complexity index is 373. The van der Waals surface area contributed by atoms with E-state index in [9.17, 15) is 4.79 Å². The minimum Gasteiger partial charge on any atom is -0.457 e. The minimum absolute atomic E-state index is 0.0110. The summed E-state index contributed by atoms with van der Waals surface area (Å²) in [5.74, 6) is 1.67. The second kappa shape index (κ2) is 4.96. The summed E-state index contributed by atoms with van der Waals surface area (Å²) in [4.78, 5) is 12.7. The Morgan fingerprint density at radius 3 is 2.26 bits per heavy atom. The number of carbonyl (C=O) groups is 1. The zero-order valence-corrected chi connectivity index (χ0v) is 13.0. The van der Waals surface area contributed by atoms with Gasteiger partial charge in [-0.15, -0.1) is 0 Å². The third-order valence-electron chi connectivity index (χ3n) is 5.86. The Labute approximate surface area is 117 Å². The average molecular weight is 264 g/mol. The molecule has 2 nitrogen and oxygen atoms in total. The van der Waals surface area contributed by atoms with Crippen LogP contribution in [0.15, 0.2) is 12.2 Å². The van der Waals surface area contributed by atoms with Crippen molar-refractivity contribution in [3.63, 3.8) is 0 Å². The summed E-state index contributed by atoms with van der Waals surface area (Å²) in [6, 6.07) is 0. The van der Waals surface area contributed by atoms with Crippen molar-refractivity contribution >= 4 is 5.97 Å². The van der Waals surface area contributed by atoms with Crippen molar-refractivity contribution in [3.8, 4) is 0 Å².